The minimum absolute atomic E-state index is 0.729. The Morgan fingerprint density at radius 2 is 1.67 bits per heavy atom. The Bertz CT molecular complexity index is 240. The van der Waals surface area contributed by atoms with E-state index in [0.29, 0.717) is 0 Å². The first kappa shape index (κ1) is 15.7. The van der Waals surface area contributed by atoms with Gasteiger partial charge in [-0.3, -0.25) is 4.90 Å². The second-order valence-corrected chi connectivity index (χ2v) is 5.77. The Hall–Kier alpha value is -0.380. The van der Waals surface area contributed by atoms with Gasteiger partial charge in [-0.05, 0) is 32.7 Å². The predicted octanol–water partition coefficient (Wildman–Crippen LogP) is 1.86. The summed E-state index contributed by atoms with van der Waals surface area (Å²) in [6, 6.07) is 0.729. The van der Waals surface area contributed by atoms with Crippen molar-refractivity contribution < 1.29 is 0 Å². The molecule has 0 bridgehead atoms. The normalized spacial score (nSPS) is 21.6. The van der Waals surface area contributed by atoms with Crippen LogP contribution in [-0.2, 0) is 0 Å². The molecule has 0 radical (unpaired) electrons. The van der Waals surface area contributed by atoms with Crippen molar-refractivity contribution in [1.82, 2.24) is 15.5 Å². The van der Waals surface area contributed by atoms with E-state index in [4.69, 9.17) is 0 Å². The quantitative estimate of drug-likeness (QED) is 0.736. The van der Waals surface area contributed by atoms with Crippen LogP contribution in [-0.4, -0.2) is 50.2 Å². The molecule has 1 saturated heterocycles. The molecule has 1 fully saturated rings. The van der Waals surface area contributed by atoms with Gasteiger partial charge in [-0.2, -0.15) is 0 Å². The fourth-order valence-corrected chi connectivity index (χ4v) is 2.36. The number of nitrogens with zero attached hydrogens (tertiary/aromatic N) is 1. The van der Waals surface area contributed by atoms with Crippen LogP contribution in [0.5, 0.6) is 0 Å². The van der Waals surface area contributed by atoms with Crippen LogP contribution in [0.3, 0.4) is 0 Å². The number of hydrogen-bond donors (Lipinski definition) is 2. The van der Waals surface area contributed by atoms with Crippen LogP contribution in [0.2, 0.25) is 0 Å². The maximum absolute atomic E-state index is 3.33. The van der Waals surface area contributed by atoms with Gasteiger partial charge in [0.1, 0.15) is 0 Å². The summed E-state index contributed by atoms with van der Waals surface area (Å²) < 4.78 is 0. The molecule has 2 N–H and O–H groups in total. The van der Waals surface area contributed by atoms with Crippen molar-refractivity contribution in [1.29, 1.82) is 0 Å². The van der Waals surface area contributed by atoms with Gasteiger partial charge in [-0.1, -0.05) is 25.5 Å². The van der Waals surface area contributed by atoms with Crippen molar-refractivity contribution in [3.8, 4) is 0 Å². The average Bonchev–Trinajstić information content (AvgIpc) is 2.41. The zero-order chi connectivity index (χ0) is 13.4. The second kappa shape index (κ2) is 8.68. The maximum atomic E-state index is 3.33. The molecule has 106 valence electrons. The predicted molar refractivity (Wildman–Crippen MR) is 80.0 cm³/mol. The van der Waals surface area contributed by atoms with Gasteiger partial charge in [0.15, 0.2) is 0 Å². The molecule has 0 unspecified atom stereocenters. The van der Waals surface area contributed by atoms with Crippen LogP contribution in [0.15, 0.2) is 11.6 Å². The van der Waals surface area contributed by atoms with E-state index < -0.39 is 0 Å². The molecular weight excluding hydrogens is 222 g/mol. The van der Waals surface area contributed by atoms with Gasteiger partial charge in [-0.25, -0.2) is 0 Å². The molecule has 0 atom stereocenters. The fourth-order valence-electron chi connectivity index (χ4n) is 2.36. The van der Waals surface area contributed by atoms with E-state index >= 15 is 0 Å². The fraction of sp³-hybridized carbons (Fsp3) is 0.867. The Morgan fingerprint density at radius 3 is 2.00 bits per heavy atom. The van der Waals surface area contributed by atoms with Gasteiger partial charge in [-0.15, -0.1) is 0 Å². The zero-order valence-electron chi connectivity index (χ0n) is 12.6. The van der Waals surface area contributed by atoms with Crippen molar-refractivity contribution >= 4 is 0 Å². The summed E-state index contributed by atoms with van der Waals surface area (Å²) in [6.07, 6.45) is 3.56. The molecule has 3 nitrogen and oxygen atoms in total. The number of hydrogen-bond acceptors (Lipinski definition) is 3. The molecule has 0 spiro atoms. The van der Waals surface area contributed by atoms with Crippen molar-refractivity contribution in [2.24, 2.45) is 5.92 Å². The van der Waals surface area contributed by atoms with Gasteiger partial charge >= 0.3 is 0 Å². The van der Waals surface area contributed by atoms with Crippen LogP contribution in [0.25, 0.3) is 0 Å². The number of rotatable bonds is 2. The third kappa shape index (κ3) is 5.98. The lowest BCUT2D eigenvalue weighted by molar-refractivity contribution is 0.196. The maximum Gasteiger partial charge on any atom is 0.0137 e. The summed E-state index contributed by atoms with van der Waals surface area (Å²) in [4.78, 5) is 2.50. The third-order valence-electron chi connectivity index (χ3n) is 3.72. The largest absolute Gasteiger partial charge is 0.314 e. The summed E-state index contributed by atoms with van der Waals surface area (Å²) in [5.41, 5.74) is 1.62. The minimum atomic E-state index is 0.729. The van der Waals surface area contributed by atoms with E-state index in [1.54, 1.807) is 5.57 Å². The summed E-state index contributed by atoms with van der Waals surface area (Å²) >= 11 is 0. The molecule has 18 heavy (non-hydrogen) atoms. The van der Waals surface area contributed by atoms with Crippen molar-refractivity contribution in [3.63, 3.8) is 0 Å². The molecule has 2 aliphatic heterocycles. The van der Waals surface area contributed by atoms with Crippen molar-refractivity contribution in [3.05, 3.63) is 11.6 Å². The summed E-state index contributed by atoms with van der Waals surface area (Å²) in [5.74, 6) is 0.757. The van der Waals surface area contributed by atoms with Gasteiger partial charge in [0.25, 0.3) is 0 Å². The molecule has 0 saturated carbocycles. The van der Waals surface area contributed by atoms with E-state index in [2.05, 4.69) is 49.3 Å². The van der Waals surface area contributed by atoms with Crippen LogP contribution in [0, 0.1) is 5.92 Å². The van der Waals surface area contributed by atoms with E-state index in [9.17, 15) is 0 Å². The molecular formula is C15H31N3. The molecule has 2 aliphatic rings. The summed E-state index contributed by atoms with van der Waals surface area (Å²) in [7, 11) is 0. The van der Waals surface area contributed by atoms with E-state index in [-0.39, 0.29) is 0 Å². The first-order chi connectivity index (χ1) is 8.61. The van der Waals surface area contributed by atoms with Gasteiger partial charge in [0, 0.05) is 38.8 Å². The lowest BCUT2D eigenvalue weighted by Gasteiger charge is -2.30. The lowest BCUT2D eigenvalue weighted by Crippen LogP contribution is -2.46. The molecule has 2 heterocycles. The zero-order valence-corrected chi connectivity index (χ0v) is 12.6. The van der Waals surface area contributed by atoms with Crippen molar-refractivity contribution in [2.45, 2.75) is 40.2 Å². The van der Waals surface area contributed by atoms with E-state index in [0.717, 1.165) is 31.6 Å². The van der Waals surface area contributed by atoms with Crippen LogP contribution >= 0.6 is 0 Å². The molecule has 0 aliphatic carbocycles. The Labute approximate surface area is 113 Å². The van der Waals surface area contributed by atoms with Crippen LogP contribution in [0.4, 0.5) is 0 Å². The van der Waals surface area contributed by atoms with Crippen LogP contribution in [0.1, 0.15) is 34.1 Å². The highest BCUT2D eigenvalue weighted by Gasteiger charge is 2.11. The molecule has 3 heteroatoms. The summed E-state index contributed by atoms with van der Waals surface area (Å²) in [5, 5.41) is 6.62. The van der Waals surface area contributed by atoms with Crippen molar-refractivity contribution in [2.75, 3.05) is 39.3 Å². The second-order valence-electron chi connectivity index (χ2n) is 5.77. The topological polar surface area (TPSA) is 27.3 Å². The monoisotopic (exact) mass is 253 g/mol. The Morgan fingerprint density at radius 1 is 1.00 bits per heavy atom. The van der Waals surface area contributed by atoms with Gasteiger partial charge in [0.05, 0.1) is 0 Å². The van der Waals surface area contributed by atoms with E-state index in [1.807, 2.05) is 0 Å². The standard InChI is InChI=1S/C8H15N.C7H16N2/c1-7(2)8-3-5-9-6-4-8;1-7(2)9-5-3-8-4-6-9/h3,7,9H,4-6H2,1-2H3;7-8H,3-6H2,1-2H3. The first-order valence-electron chi connectivity index (χ1n) is 7.45. The molecule has 0 amide bonds. The highest BCUT2D eigenvalue weighted by molar-refractivity contribution is 5.08. The van der Waals surface area contributed by atoms with Crippen LogP contribution < -0.4 is 10.6 Å². The first-order valence-corrected chi connectivity index (χ1v) is 7.45. The average molecular weight is 253 g/mol. The molecule has 0 aromatic carbocycles. The summed E-state index contributed by atoms with van der Waals surface area (Å²) in [6.45, 7) is 16.0. The van der Waals surface area contributed by atoms with E-state index in [1.165, 1.54) is 26.1 Å². The number of nitrogens with one attached hydrogen (secondary N) is 2. The van der Waals surface area contributed by atoms with Gasteiger partial charge < -0.3 is 10.6 Å². The molecule has 0 aromatic heterocycles. The molecule has 0 aromatic rings. The minimum Gasteiger partial charge on any atom is -0.314 e. The highest BCUT2D eigenvalue weighted by atomic mass is 15.2. The smallest absolute Gasteiger partial charge is 0.0137 e. The van der Waals surface area contributed by atoms with Gasteiger partial charge in [0.2, 0.25) is 0 Å². The molecule has 2 rings (SSSR count). The third-order valence-corrected chi connectivity index (χ3v) is 3.72. The number of piperazine rings is 1. The lowest BCUT2D eigenvalue weighted by atomic mass is 9.98. The Kier molecular flexibility index (Phi) is 7.56. The highest BCUT2D eigenvalue weighted by Crippen LogP contribution is 2.14. The SMILES string of the molecule is CC(C)C1=CCNCC1.CC(C)N1CCNCC1. The Balaban J connectivity index is 0.000000180.